The summed E-state index contributed by atoms with van der Waals surface area (Å²) in [4.78, 5) is 29.6. The molecule has 1 saturated heterocycles. The van der Waals surface area contributed by atoms with E-state index in [9.17, 15) is 9.18 Å². The minimum Gasteiger partial charge on any atom is -0.385 e. The lowest BCUT2D eigenvalue weighted by atomic mass is 9.92. The van der Waals surface area contributed by atoms with Gasteiger partial charge in [-0.15, -0.1) is 0 Å². The third kappa shape index (κ3) is 7.55. The van der Waals surface area contributed by atoms with Gasteiger partial charge in [-0.05, 0) is 42.3 Å². The quantitative estimate of drug-likeness (QED) is 0.211. The van der Waals surface area contributed by atoms with E-state index >= 15 is 0 Å². The van der Waals surface area contributed by atoms with Crippen molar-refractivity contribution >= 4 is 11.9 Å². The number of rotatable bonds is 12. The molecule has 2 aromatic carbocycles. The van der Waals surface area contributed by atoms with E-state index in [1.54, 1.807) is 31.5 Å². The fourth-order valence-electron chi connectivity index (χ4n) is 4.56. The number of hydrogen-bond acceptors (Lipinski definition) is 8. The minimum absolute atomic E-state index is 0.0541. The Bertz CT molecular complexity index is 1460. The fraction of sp³-hybridized carbons (Fsp3) is 0.355. The van der Waals surface area contributed by atoms with Crippen LogP contribution in [0.2, 0.25) is 0 Å². The first-order valence-electron chi connectivity index (χ1n) is 13.9. The molecule has 10 nitrogen and oxygen atoms in total. The summed E-state index contributed by atoms with van der Waals surface area (Å²) in [7, 11) is 1.66. The molecule has 0 bridgehead atoms. The number of aromatic amines is 1. The Kier molecular flexibility index (Phi) is 9.52. The van der Waals surface area contributed by atoms with E-state index in [2.05, 4.69) is 25.6 Å². The van der Waals surface area contributed by atoms with Gasteiger partial charge >= 0.3 is 0 Å². The van der Waals surface area contributed by atoms with E-state index in [0.29, 0.717) is 73.7 Å². The van der Waals surface area contributed by atoms with E-state index in [-0.39, 0.29) is 11.7 Å². The Hall–Kier alpha value is -4.19. The van der Waals surface area contributed by atoms with Crippen LogP contribution in [-0.2, 0) is 25.4 Å². The van der Waals surface area contributed by atoms with Crippen molar-refractivity contribution in [2.24, 2.45) is 5.41 Å². The summed E-state index contributed by atoms with van der Waals surface area (Å²) in [5, 5.41) is 6.21. The van der Waals surface area contributed by atoms with Gasteiger partial charge in [-0.3, -0.25) is 4.79 Å². The summed E-state index contributed by atoms with van der Waals surface area (Å²) < 4.78 is 31.0. The van der Waals surface area contributed by atoms with Crippen LogP contribution in [0, 0.1) is 11.2 Å². The molecule has 220 valence electrons. The summed E-state index contributed by atoms with van der Waals surface area (Å²) in [5.41, 5.74) is 3.09. The molecule has 0 unspecified atom stereocenters. The maximum absolute atomic E-state index is 13.7. The number of hydrogen-bond donors (Lipinski definition) is 3. The molecule has 4 aromatic rings. The van der Waals surface area contributed by atoms with Gasteiger partial charge in [0.15, 0.2) is 5.82 Å². The monoisotopic (exact) mass is 574 g/mol. The molecule has 11 heteroatoms. The third-order valence-corrected chi connectivity index (χ3v) is 6.87. The van der Waals surface area contributed by atoms with Crippen molar-refractivity contribution in [2.45, 2.75) is 26.1 Å². The molecule has 1 amide bonds. The topological polar surface area (TPSA) is 123 Å². The highest BCUT2D eigenvalue weighted by Crippen LogP contribution is 2.35. The average Bonchev–Trinajstić information content (AvgIpc) is 3.45. The van der Waals surface area contributed by atoms with Gasteiger partial charge in [0.05, 0.1) is 36.7 Å². The van der Waals surface area contributed by atoms with Crippen molar-refractivity contribution in [1.82, 2.24) is 25.3 Å². The van der Waals surface area contributed by atoms with Gasteiger partial charge in [0, 0.05) is 44.0 Å². The predicted octanol–water partition coefficient (Wildman–Crippen LogP) is 4.53. The van der Waals surface area contributed by atoms with E-state index in [0.717, 1.165) is 12.0 Å². The summed E-state index contributed by atoms with van der Waals surface area (Å²) in [6, 6.07) is 17.5. The van der Waals surface area contributed by atoms with Crippen LogP contribution < -0.4 is 10.6 Å². The Morgan fingerprint density at radius 3 is 2.60 bits per heavy atom. The maximum atomic E-state index is 13.7. The summed E-state index contributed by atoms with van der Waals surface area (Å²) in [5.74, 6) is 0.545. The van der Waals surface area contributed by atoms with Gasteiger partial charge in [-0.1, -0.05) is 37.3 Å². The first-order chi connectivity index (χ1) is 20.4. The number of nitrogens with zero attached hydrogens (tertiary/aromatic N) is 3. The normalized spacial score (nSPS) is 18.5. The number of aromatic nitrogens is 4. The van der Waals surface area contributed by atoms with Gasteiger partial charge in [-0.2, -0.15) is 0 Å². The lowest BCUT2D eigenvalue weighted by Crippen LogP contribution is -2.45. The first kappa shape index (κ1) is 29.3. The number of benzene rings is 2. The maximum Gasteiger partial charge on any atom is 0.224 e. The van der Waals surface area contributed by atoms with Crippen LogP contribution in [-0.4, -0.2) is 65.9 Å². The Morgan fingerprint density at radius 2 is 1.86 bits per heavy atom. The lowest BCUT2D eigenvalue weighted by Gasteiger charge is -2.36. The zero-order valence-corrected chi connectivity index (χ0v) is 23.7. The number of nitrogens with one attached hydrogen (secondary N) is 3. The lowest BCUT2D eigenvalue weighted by molar-refractivity contribution is -0.232. The molecule has 3 N–H and O–H groups in total. The first-order valence-corrected chi connectivity index (χ1v) is 13.9. The van der Waals surface area contributed by atoms with Gasteiger partial charge in [0.25, 0.3) is 0 Å². The van der Waals surface area contributed by atoms with Crippen molar-refractivity contribution in [2.75, 3.05) is 45.3 Å². The van der Waals surface area contributed by atoms with Gasteiger partial charge in [-0.25, -0.2) is 19.3 Å². The highest BCUT2D eigenvalue weighted by atomic mass is 19.1. The molecule has 1 aliphatic heterocycles. The van der Waals surface area contributed by atoms with Crippen molar-refractivity contribution in [3.63, 3.8) is 0 Å². The predicted molar refractivity (Wildman–Crippen MR) is 156 cm³/mol. The van der Waals surface area contributed by atoms with Crippen LogP contribution in [0.25, 0.3) is 22.6 Å². The van der Waals surface area contributed by atoms with Gasteiger partial charge in [0.2, 0.25) is 18.1 Å². The molecule has 0 radical (unpaired) electrons. The Balaban J connectivity index is 1.29. The number of halogens is 1. The molecule has 42 heavy (non-hydrogen) atoms. The molecule has 0 spiro atoms. The second-order valence-electron chi connectivity index (χ2n) is 10.6. The number of ether oxygens (including phenoxy) is 3. The van der Waals surface area contributed by atoms with Gasteiger partial charge < -0.3 is 29.8 Å². The smallest absolute Gasteiger partial charge is 0.224 e. The number of H-pyrrole nitrogens is 1. The number of amides is 1. The van der Waals surface area contributed by atoms with Crippen LogP contribution in [0.3, 0.4) is 0 Å². The number of methoxy groups -OCH3 is 1. The summed E-state index contributed by atoms with van der Waals surface area (Å²) in [6.45, 7) is 4.42. The van der Waals surface area contributed by atoms with E-state index in [4.69, 9.17) is 19.2 Å². The van der Waals surface area contributed by atoms with Crippen molar-refractivity contribution in [3.05, 3.63) is 84.1 Å². The van der Waals surface area contributed by atoms with E-state index < -0.39 is 11.7 Å². The molecule has 0 atom stereocenters. The zero-order chi connectivity index (χ0) is 29.4. The molecule has 5 rings (SSSR count). The summed E-state index contributed by atoms with van der Waals surface area (Å²) in [6.07, 6.45) is 2.04. The second kappa shape index (κ2) is 13.6. The molecule has 0 aliphatic carbocycles. The Morgan fingerprint density at radius 1 is 1.10 bits per heavy atom. The number of carbonyl (C=O) groups excluding carboxylic acids is 1. The number of anilines is 1. The highest BCUT2D eigenvalue weighted by molar-refractivity contribution is 5.78. The van der Waals surface area contributed by atoms with Crippen molar-refractivity contribution in [1.29, 1.82) is 0 Å². The SMILES string of the molecule is COCCCNc1nccc(-c2[nH]c(C3OCC(C)(CNC(=O)Cc4ccccc4)CO3)nc2-c2ccc(F)cc2)n1. The molecule has 1 aliphatic rings. The molecular weight excluding hydrogens is 539 g/mol. The standard InChI is InChI=1S/C31H35FN6O4/c1-31(18-35-25(39)17-21-7-4-3-5-8-21)19-41-29(42-20-31)28-37-26(22-9-11-23(32)12-10-22)27(38-28)24-13-15-34-30(36-24)33-14-6-16-40-2/h3-5,7-13,15,29H,6,14,16-20H2,1-2H3,(H,35,39)(H,37,38)(H,33,34,36). The average molecular weight is 575 g/mol. The largest absolute Gasteiger partial charge is 0.385 e. The van der Waals surface area contributed by atoms with E-state index in [1.807, 2.05) is 37.3 Å². The molecule has 1 fully saturated rings. The fourth-order valence-corrected chi connectivity index (χ4v) is 4.56. The van der Waals surface area contributed by atoms with Crippen LogP contribution >= 0.6 is 0 Å². The second-order valence-corrected chi connectivity index (χ2v) is 10.6. The van der Waals surface area contributed by atoms with Crippen molar-refractivity contribution < 1.29 is 23.4 Å². The minimum atomic E-state index is -0.750. The van der Waals surface area contributed by atoms with Gasteiger partial charge in [0.1, 0.15) is 5.82 Å². The number of carbonyl (C=O) groups is 1. The Labute approximate surface area is 244 Å². The summed E-state index contributed by atoms with van der Waals surface area (Å²) >= 11 is 0. The number of imidazole rings is 1. The zero-order valence-electron chi connectivity index (χ0n) is 23.7. The van der Waals surface area contributed by atoms with Crippen LogP contribution in [0.5, 0.6) is 0 Å². The molecular formula is C31H35FN6O4. The van der Waals surface area contributed by atoms with E-state index in [1.165, 1.54) is 12.1 Å². The van der Waals surface area contributed by atoms with Crippen LogP contribution in [0.4, 0.5) is 10.3 Å². The van der Waals surface area contributed by atoms with Crippen molar-refractivity contribution in [3.8, 4) is 22.6 Å². The van der Waals surface area contributed by atoms with Crippen LogP contribution in [0.15, 0.2) is 66.9 Å². The molecule has 2 aromatic heterocycles. The third-order valence-electron chi connectivity index (χ3n) is 6.87. The van der Waals surface area contributed by atoms with Crippen LogP contribution in [0.1, 0.15) is 31.0 Å². The highest BCUT2D eigenvalue weighted by Gasteiger charge is 2.35. The molecule has 3 heterocycles. The molecule has 0 saturated carbocycles.